The second-order valence-electron chi connectivity index (χ2n) is 7.13. The van der Waals surface area contributed by atoms with E-state index in [-0.39, 0.29) is 5.75 Å². The molecule has 0 saturated heterocycles. The van der Waals surface area contributed by atoms with Crippen LogP contribution < -0.4 is 4.74 Å². The normalized spacial score (nSPS) is 10.6. The minimum atomic E-state index is 0.198. The van der Waals surface area contributed by atoms with Crippen LogP contribution in [0, 0.1) is 0 Å². The van der Waals surface area contributed by atoms with Gasteiger partial charge in [-0.15, -0.1) is 0 Å². The van der Waals surface area contributed by atoms with E-state index < -0.39 is 0 Å². The molecule has 0 aliphatic rings. The summed E-state index contributed by atoms with van der Waals surface area (Å²) in [6.45, 7) is 0. The number of rotatable bonds is 5. The Kier molecular flexibility index (Phi) is 5.29. The smallest absolute Gasteiger partial charge is 0.221 e. The van der Waals surface area contributed by atoms with Crippen LogP contribution in [0.3, 0.4) is 0 Å². The van der Waals surface area contributed by atoms with Crippen LogP contribution in [0.2, 0.25) is 0 Å². The van der Waals surface area contributed by atoms with E-state index >= 15 is 0 Å². The molecule has 0 atom stereocenters. The van der Waals surface area contributed by atoms with Gasteiger partial charge in [0.2, 0.25) is 11.8 Å². The number of benzene rings is 2. The zero-order valence-corrected chi connectivity index (χ0v) is 17.1. The number of phenols is 1. The number of pyridine rings is 3. The molecule has 2 aromatic carbocycles. The summed E-state index contributed by atoms with van der Waals surface area (Å²) in [6.07, 6.45) is 3.46. The molecule has 0 radical (unpaired) electrons. The Hall–Kier alpha value is -4.51. The Morgan fingerprint density at radius 2 is 1.41 bits per heavy atom. The van der Waals surface area contributed by atoms with Gasteiger partial charge in [-0.05, 0) is 24.3 Å². The summed E-state index contributed by atoms with van der Waals surface area (Å²) < 4.78 is 5.78. The molecule has 0 unspecified atom stereocenters. The maximum Gasteiger partial charge on any atom is 0.221 e. The highest BCUT2D eigenvalue weighted by Gasteiger charge is 2.15. The lowest BCUT2D eigenvalue weighted by molar-refractivity contribution is 0.445. The van der Waals surface area contributed by atoms with Gasteiger partial charge < -0.3 is 9.84 Å². The Morgan fingerprint density at radius 3 is 2.22 bits per heavy atom. The molecule has 0 aliphatic carbocycles. The van der Waals surface area contributed by atoms with Crippen molar-refractivity contribution in [1.82, 2.24) is 15.0 Å². The van der Waals surface area contributed by atoms with Gasteiger partial charge in [-0.25, -0.2) is 9.97 Å². The molecule has 0 bridgehead atoms. The SMILES string of the molecule is Oc1ccccc1-c1cc(-c2cccc(Oc3ccccn3)n2)cnc1-c1ccccc1. The predicted octanol–water partition coefficient (Wildman–Crippen LogP) is 6.37. The number of hydrogen-bond donors (Lipinski definition) is 1. The Labute approximate surface area is 185 Å². The topological polar surface area (TPSA) is 68.1 Å². The lowest BCUT2D eigenvalue weighted by atomic mass is 9.96. The van der Waals surface area contributed by atoms with E-state index in [1.54, 1.807) is 36.7 Å². The van der Waals surface area contributed by atoms with Crippen molar-refractivity contribution in [3.05, 3.63) is 109 Å². The van der Waals surface area contributed by atoms with E-state index in [1.807, 2.05) is 72.8 Å². The van der Waals surface area contributed by atoms with Crippen molar-refractivity contribution in [3.63, 3.8) is 0 Å². The molecule has 0 spiro atoms. The first-order valence-electron chi connectivity index (χ1n) is 10.2. The fraction of sp³-hybridized carbons (Fsp3) is 0. The number of ether oxygens (including phenoxy) is 1. The number of para-hydroxylation sites is 1. The van der Waals surface area contributed by atoms with Crippen LogP contribution in [0.1, 0.15) is 0 Å². The molecule has 154 valence electrons. The minimum absolute atomic E-state index is 0.198. The minimum Gasteiger partial charge on any atom is -0.507 e. The molecule has 3 heterocycles. The number of hydrogen-bond acceptors (Lipinski definition) is 5. The van der Waals surface area contributed by atoms with Crippen LogP contribution in [0.15, 0.2) is 109 Å². The first-order valence-corrected chi connectivity index (χ1v) is 10.2. The van der Waals surface area contributed by atoms with E-state index in [0.717, 1.165) is 22.4 Å². The first kappa shape index (κ1) is 19.5. The molecule has 0 fully saturated rings. The maximum absolute atomic E-state index is 10.5. The molecule has 0 aliphatic heterocycles. The second-order valence-corrected chi connectivity index (χ2v) is 7.13. The van der Waals surface area contributed by atoms with Gasteiger partial charge in [0.15, 0.2) is 0 Å². The van der Waals surface area contributed by atoms with Crippen molar-refractivity contribution in [2.75, 3.05) is 0 Å². The van der Waals surface area contributed by atoms with Crippen LogP contribution in [0.5, 0.6) is 17.5 Å². The third-order valence-corrected chi connectivity index (χ3v) is 5.00. The highest BCUT2D eigenvalue weighted by molar-refractivity contribution is 5.86. The standard InChI is InChI=1S/C27H19N3O2/c31-24-13-5-4-11-21(24)22-17-20(18-29-27(22)19-9-2-1-3-10-19)23-12-8-15-26(30-23)32-25-14-6-7-16-28-25/h1-18,31H. The summed E-state index contributed by atoms with van der Waals surface area (Å²) in [5, 5.41) is 10.5. The number of aromatic nitrogens is 3. The average molecular weight is 417 g/mol. The van der Waals surface area contributed by atoms with Crippen molar-refractivity contribution in [3.8, 4) is 51.2 Å². The van der Waals surface area contributed by atoms with Crippen molar-refractivity contribution in [2.45, 2.75) is 0 Å². The Bertz CT molecular complexity index is 1360. The highest BCUT2D eigenvalue weighted by atomic mass is 16.5. The van der Waals surface area contributed by atoms with Crippen LogP contribution in [-0.4, -0.2) is 20.1 Å². The zero-order chi connectivity index (χ0) is 21.8. The second kappa shape index (κ2) is 8.70. The number of aromatic hydroxyl groups is 1. The fourth-order valence-electron chi connectivity index (χ4n) is 3.48. The lowest BCUT2D eigenvalue weighted by Crippen LogP contribution is -1.94. The molecule has 3 aromatic heterocycles. The summed E-state index contributed by atoms with van der Waals surface area (Å²) >= 11 is 0. The van der Waals surface area contributed by atoms with Crippen molar-refractivity contribution < 1.29 is 9.84 Å². The van der Waals surface area contributed by atoms with Crippen LogP contribution in [0.25, 0.3) is 33.6 Å². The predicted molar refractivity (Wildman–Crippen MR) is 124 cm³/mol. The van der Waals surface area contributed by atoms with E-state index in [0.29, 0.717) is 23.0 Å². The summed E-state index contributed by atoms with van der Waals surface area (Å²) in [7, 11) is 0. The summed E-state index contributed by atoms with van der Waals surface area (Å²) in [4.78, 5) is 13.6. The van der Waals surface area contributed by atoms with Gasteiger partial charge in [-0.1, -0.05) is 60.7 Å². The summed E-state index contributed by atoms with van der Waals surface area (Å²) in [6, 6.07) is 30.2. The molecule has 5 nitrogen and oxygen atoms in total. The molecule has 5 heteroatoms. The molecule has 0 saturated carbocycles. The van der Waals surface area contributed by atoms with Gasteiger partial charge in [0, 0.05) is 46.8 Å². The average Bonchev–Trinajstić information content (AvgIpc) is 2.85. The molecule has 0 amide bonds. The molecular formula is C27H19N3O2. The molecule has 5 rings (SSSR count). The van der Waals surface area contributed by atoms with Gasteiger partial charge in [-0.2, -0.15) is 0 Å². The maximum atomic E-state index is 10.5. The van der Waals surface area contributed by atoms with Gasteiger partial charge in [-0.3, -0.25) is 4.98 Å². The van der Waals surface area contributed by atoms with E-state index in [9.17, 15) is 5.11 Å². The monoisotopic (exact) mass is 417 g/mol. The summed E-state index contributed by atoms with van der Waals surface area (Å²) in [5.74, 6) is 1.12. The fourth-order valence-corrected chi connectivity index (χ4v) is 3.48. The summed E-state index contributed by atoms with van der Waals surface area (Å²) in [5.41, 5.74) is 4.82. The quantitative estimate of drug-likeness (QED) is 0.360. The van der Waals surface area contributed by atoms with Crippen LogP contribution >= 0.6 is 0 Å². The lowest BCUT2D eigenvalue weighted by Gasteiger charge is -2.13. The van der Waals surface area contributed by atoms with Crippen molar-refractivity contribution in [1.29, 1.82) is 0 Å². The van der Waals surface area contributed by atoms with Gasteiger partial charge in [0.05, 0.1) is 11.4 Å². The molecular weight excluding hydrogens is 398 g/mol. The van der Waals surface area contributed by atoms with E-state index in [2.05, 4.69) is 9.97 Å². The van der Waals surface area contributed by atoms with Crippen LogP contribution in [-0.2, 0) is 0 Å². The van der Waals surface area contributed by atoms with Gasteiger partial charge in [0.25, 0.3) is 0 Å². The highest BCUT2D eigenvalue weighted by Crippen LogP contribution is 2.37. The Morgan fingerprint density at radius 1 is 0.625 bits per heavy atom. The molecule has 32 heavy (non-hydrogen) atoms. The first-order chi connectivity index (χ1) is 15.8. The van der Waals surface area contributed by atoms with E-state index in [4.69, 9.17) is 9.72 Å². The Balaban J connectivity index is 1.60. The van der Waals surface area contributed by atoms with Crippen LogP contribution in [0.4, 0.5) is 0 Å². The molecule has 1 N–H and O–H groups in total. The third-order valence-electron chi connectivity index (χ3n) is 5.00. The number of nitrogens with zero attached hydrogens (tertiary/aromatic N) is 3. The van der Waals surface area contributed by atoms with Gasteiger partial charge >= 0.3 is 0 Å². The zero-order valence-electron chi connectivity index (χ0n) is 17.1. The van der Waals surface area contributed by atoms with Crippen molar-refractivity contribution in [2.24, 2.45) is 0 Å². The largest absolute Gasteiger partial charge is 0.507 e. The third kappa shape index (κ3) is 4.04. The molecule has 5 aromatic rings. The van der Waals surface area contributed by atoms with E-state index in [1.165, 1.54) is 0 Å². The van der Waals surface area contributed by atoms with Gasteiger partial charge in [0.1, 0.15) is 5.75 Å². The van der Waals surface area contributed by atoms with Crippen molar-refractivity contribution >= 4 is 0 Å². The number of phenolic OH excluding ortho intramolecular Hbond substituents is 1.